The van der Waals surface area contributed by atoms with Gasteiger partial charge in [0.2, 0.25) is 0 Å². The van der Waals surface area contributed by atoms with Gasteiger partial charge in [0.15, 0.2) is 0 Å². The van der Waals surface area contributed by atoms with Crippen molar-refractivity contribution in [3.63, 3.8) is 0 Å². The fourth-order valence-electron chi connectivity index (χ4n) is 2.06. The van der Waals surface area contributed by atoms with Crippen molar-refractivity contribution < 1.29 is 8.78 Å². The molecule has 1 atom stereocenters. The average Bonchev–Trinajstić information content (AvgIpc) is 2.39. The van der Waals surface area contributed by atoms with Crippen molar-refractivity contribution in [2.24, 2.45) is 0 Å². The van der Waals surface area contributed by atoms with E-state index in [0.29, 0.717) is 5.56 Å². The van der Waals surface area contributed by atoms with E-state index in [4.69, 9.17) is 11.6 Å². The topological polar surface area (TPSA) is 0 Å². The van der Waals surface area contributed by atoms with Crippen LogP contribution in [0.5, 0.6) is 0 Å². The Bertz CT molecular complexity index is 529. The summed E-state index contributed by atoms with van der Waals surface area (Å²) in [6.45, 7) is 2.10. The molecule has 3 heteroatoms. The summed E-state index contributed by atoms with van der Waals surface area (Å²) in [6, 6.07) is 11.3. The minimum absolute atomic E-state index is 0.0904. The Balaban J connectivity index is 2.31. The van der Waals surface area contributed by atoms with Crippen LogP contribution >= 0.6 is 11.6 Å². The molecule has 0 aromatic heterocycles. The molecule has 0 amide bonds. The number of rotatable bonds is 4. The standard InChI is InChI=1S/C16H15ClF2/c1-2-4-11-7-9-12(10-8-11)16(17)15-13(18)5-3-6-14(15)19/h3,5-10,16H,2,4H2,1H3. The van der Waals surface area contributed by atoms with Crippen molar-refractivity contribution in [1.29, 1.82) is 0 Å². The summed E-state index contributed by atoms with van der Waals surface area (Å²) in [5.74, 6) is -1.23. The molecule has 0 bridgehead atoms. The van der Waals surface area contributed by atoms with Crippen LogP contribution in [0.1, 0.15) is 35.4 Å². The first kappa shape index (κ1) is 14.0. The van der Waals surface area contributed by atoms with Crippen LogP contribution in [0.25, 0.3) is 0 Å². The first-order chi connectivity index (χ1) is 9.13. The normalized spacial score (nSPS) is 12.4. The number of benzene rings is 2. The minimum atomic E-state index is -0.808. The number of alkyl halides is 1. The van der Waals surface area contributed by atoms with Gasteiger partial charge in [-0.2, -0.15) is 0 Å². The molecule has 0 saturated heterocycles. The van der Waals surface area contributed by atoms with E-state index in [1.165, 1.54) is 23.8 Å². The van der Waals surface area contributed by atoms with E-state index >= 15 is 0 Å². The van der Waals surface area contributed by atoms with Crippen molar-refractivity contribution >= 4 is 11.6 Å². The number of hydrogen-bond acceptors (Lipinski definition) is 0. The molecule has 0 nitrogen and oxygen atoms in total. The maximum Gasteiger partial charge on any atom is 0.131 e. The Kier molecular flexibility index (Phi) is 4.54. The lowest BCUT2D eigenvalue weighted by atomic mass is 10.0. The Labute approximate surface area is 117 Å². The molecular weight excluding hydrogens is 266 g/mol. The molecule has 0 N–H and O–H groups in total. The molecule has 0 aliphatic rings. The fourth-order valence-corrected chi connectivity index (χ4v) is 2.42. The van der Waals surface area contributed by atoms with Gasteiger partial charge in [-0.25, -0.2) is 8.78 Å². The van der Waals surface area contributed by atoms with Crippen LogP contribution in [0.4, 0.5) is 8.78 Å². The maximum atomic E-state index is 13.7. The lowest BCUT2D eigenvalue weighted by Gasteiger charge is -2.13. The summed E-state index contributed by atoms with van der Waals surface area (Å²) in [7, 11) is 0. The first-order valence-corrected chi connectivity index (χ1v) is 6.74. The van der Waals surface area contributed by atoms with Gasteiger partial charge in [-0.05, 0) is 29.7 Å². The zero-order chi connectivity index (χ0) is 13.8. The maximum absolute atomic E-state index is 13.7. The minimum Gasteiger partial charge on any atom is -0.207 e. The van der Waals surface area contributed by atoms with E-state index < -0.39 is 17.0 Å². The molecule has 0 spiro atoms. The summed E-state index contributed by atoms with van der Waals surface area (Å²) in [5.41, 5.74) is 1.81. The Morgan fingerprint density at radius 1 is 1.00 bits per heavy atom. The first-order valence-electron chi connectivity index (χ1n) is 6.30. The summed E-state index contributed by atoms with van der Waals surface area (Å²) >= 11 is 6.19. The SMILES string of the molecule is CCCc1ccc(C(Cl)c2c(F)cccc2F)cc1. The molecule has 100 valence electrons. The van der Waals surface area contributed by atoms with Gasteiger partial charge < -0.3 is 0 Å². The number of halogens is 3. The third-order valence-electron chi connectivity index (χ3n) is 3.06. The van der Waals surface area contributed by atoms with Crippen LogP contribution < -0.4 is 0 Å². The van der Waals surface area contributed by atoms with Crippen LogP contribution in [0, 0.1) is 11.6 Å². The van der Waals surface area contributed by atoms with Crippen molar-refractivity contribution in [3.8, 4) is 0 Å². The monoisotopic (exact) mass is 280 g/mol. The number of hydrogen-bond donors (Lipinski definition) is 0. The second-order valence-corrected chi connectivity index (χ2v) is 4.93. The summed E-state index contributed by atoms with van der Waals surface area (Å²) in [6.07, 6.45) is 2.05. The molecule has 0 aliphatic heterocycles. The third-order valence-corrected chi connectivity index (χ3v) is 3.53. The molecule has 0 radical (unpaired) electrons. The van der Waals surface area contributed by atoms with Crippen LogP contribution in [0.15, 0.2) is 42.5 Å². The van der Waals surface area contributed by atoms with Gasteiger partial charge in [0.05, 0.1) is 5.38 Å². The highest BCUT2D eigenvalue weighted by molar-refractivity contribution is 6.22. The van der Waals surface area contributed by atoms with Crippen molar-refractivity contribution in [2.75, 3.05) is 0 Å². The Morgan fingerprint density at radius 2 is 1.58 bits per heavy atom. The molecule has 0 heterocycles. The van der Waals surface area contributed by atoms with E-state index in [2.05, 4.69) is 6.92 Å². The lowest BCUT2D eigenvalue weighted by Crippen LogP contribution is -2.01. The highest BCUT2D eigenvalue weighted by Gasteiger charge is 2.19. The Hall–Kier alpha value is -1.41. The summed E-state index contributed by atoms with van der Waals surface area (Å²) in [4.78, 5) is 0. The average molecular weight is 281 g/mol. The van der Waals surface area contributed by atoms with Gasteiger partial charge in [-0.1, -0.05) is 43.7 Å². The predicted octanol–water partition coefficient (Wildman–Crippen LogP) is 5.25. The zero-order valence-electron chi connectivity index (χ0n) is 10.7. The molecule has 19 heavy (non-hydrogen) atoms. The van der Waals surface area contributed by atoms with Gasteiger partial charge in [0.1, 0.15) is 11.6 Å². The van der Waals surface area contributed by atoms with E-state index in [1.807, 2.05) is 24.3 Å². The highest BCUT2D eigenvalue weighted by atomic mass is 35.5. The molecule has 0 fully saturated rings. The van der Waals surface area contributed by atoms with Gasteiger partial charge in [0.25, 0.3) is 0 Å². The van der Waals surface area contributed by atoms with E-state index in [1.54, 1.807) is 0 Å². The van der Waals surface area contributed by atoms with Crippen molar-refractivity contribution in [3.05, 3.63) is 70.8 Å². The largest absolute Gasteiger partial charge is 0.207 e. The van der Waals surface area contributed by atoms with E-state index in [-0.39, 0.29) is 5.56 Å². The van der Waals surface area contributed by atoms with Crippen LogP contribution in [-0.4, -0.2) is 0 Å². The van der Waals surface area contributed by atoms with Crippen LogP contribution in [0.2, 0.25) is 0 Å². The summed E-state index contributed by atoms with van der Waals surface area (Å²) in [5, 5.41) is -0.808. The van der Waals surface area contributed by atoms with Gasteiger partial charge in [-0.3, -0.25) is 0 Å². The molecule has 1 unspecified atom stereocenters. The molecule has 2 rings (SSSR count). The van der Waals surface area contributed by atoms with Crippen molar-refractivity contribution in [2.45, 2.75) is 25.1 Å². The smallest absolute Gasteiger partial charge is 0.131 e. The van der Waals surface area contributed by atoms with Gasteiger partial charge >= 0.3 is 0 Å². The quantitative estimate of drug-likeness (QED) is 0.671. The van der Waals surface area contributed by atoms with Crippen LogP contribution in [0.3, 0.4) is 0 Å². The predicted molar refractivity (Wildman–Crippen MR) is 74.5 cm³/mol. The van der Waals surface area contributed by atoms with Gasteiger partial charge in [0, 0.05) is 5.56 Å². The highest BCUT2D eigenvalue weighted by Crippen LogP contribution is 2.32. The van der Waals surface area contributed by atoms with Crippen LogP contribution in [-0.2, 0) is 6.42 Å². The number of aryl methyl sites for hydroxylation is 1. The van der Waals surface area contributed by atoms with E-state index in [9.17, 15) is 8.78 Å². The molecule has 2 aromatic carbocycles. The molecule has 0 saturated carbocycles. The zero-order valence-corrected chi connectivity index (χ0v) is 11.4. The molecule has 0 aliphatic carbocycles. The molecular formula is C16H15ClF2. The van der Waals surface area contributed by atoms with E-state index in [0.717, 1.165) is 12.8 Å². The molecule has 2 aromatic rings. The lowest BCUT2D eigenvalue weighted by molar-refractivity contribution is 0.559. The third kappa shape index (κ3) is 3.13. The second-order valence-electron chi connectivity index (χ2n) is 4.49. The van der Waals surface area contributed by atoms with Gasteiger partial charge in [-0.15, -0.1) is 11.6 Å². The fraction of sp³-hybridized carbons (Fsp3) is 0.250. The summed E-state index contributed by atoms with van der Waals surface area (Å²) < 4.78 is 27.3. The Morgan fingerprint density at radius 3 is 2.11 bits per heavy atom. The van der Waals surface area contributed by atoms with Crippen molar-refractivity contribution in [1.82, 2.24) is 0 Å². The second kappa shape index (κ2) is 6.16.